The molecule has 0 aliphatic carbocycles. The van der Waals surface area contributed by atoms with Gasteiger partial charge in [0.2, 0.25) is 5.88 Å². The van der Waals surface area contributed by atoms with Crippen molar-refractivity contribution in [1.29, 1.82) is 0 Å². The van der Waals surface area contributed by atoms with Crippen molar-refractivity contribution in [2.24, 2.45) is 5.73 Å². The summed E-state index contributed by atoms with van der Waals surface area (Å²) in [4.78, 5) is 3.49. The van der Waals surface area contributed by atoms with Crippen molar-refractivity contribution in [3.63, 3.8) is 0 Å². The summed E-state index contributed by atoms with van der Waals surface area (Å²) in [6.45, 7) is 0.120. The van der Waals surface area contributed by atoms with E-state index >= 15 is 0 Å². The zero-order valence-corrected chi connectivity index (χ0v) is 10.1. The second-order valence-electron chi connectivity index (χ2n) is 3.92. The van der Waals surface area contributed by atoms with E-state index < -0.39 is 23.4 Å². The Balaban J connectivity index is 2.36. The first-order valence-corrected chi connectivity index (χ1v) is 5.60. The van der Waals surface area contributed by atoms with E-state index in [9.17, 15) is 17.6 Å². The highest BCUT2D eigenvalue weighted by atomic mass is 19.4. The third-order valence-corrected chi connectivity index (χ3v) is 2.52. The van der Waals surface area contributed by atoms with Crippen molar-refractivity contribution in [1.82, 2.24) is 4.98 Å². The van der Waals surface area contributed by atoms with E-state index in [1.165, 1.54) is 12.1 Å². The Kier molecular flexibility index (Phi) is 3.89. The minimum absolute atomic E-state index is 0.120. The molecule has 0 atom stereocenters. The largest absolute Gasteiger partial charge is 0.435 e. The Morgan fingerprint density at radius 1 is 1.20 bits per heavy atom. The fraction of sp³-hybridized carbons (Fsp3) is 0.154. The molecule has 2 N–H and O–H groups in total. The molecule has 0 amide bonds. The van der Waals surface area contributed by atoms with E-state index in [1.54, 1.807) is 0 Å². The molecular weight excluding hydrogens is 276 g/mol. The smallest absolute Gasteiger partial charge is 0.421 e. The molecule has 20 heavy (non-hydrogen) atoms. The van der Waals surface area contributed by atoms with Gasteiger partial charge in [0, 0.05) is 12.7 Å². The summed E-state index contributed by atoms with van der Waals surface area (Å²) in [7, 11) is 0. The first-order chi connectivity index (χ1) is 9.41. The van der Waals surface area contributed by atoms with Crippen LogP contribution in [-0.2, 0) is 12.7 Å². The van der Waals surface area contributed by atoms with Crippen molar-refractivity contribution < 1.29 is 22.3 Å². The topological polar surface area (TPSA) is 48.1 Å². The highest BCUT2D eigenvalue weighted by Gasteiger charge is 2.35. The van der Waals surface area contributed by atoms with Gasteiger partial charge >= 0.3 is 6.18 Å². The number of benzene rings is 1. The molecule has 1 heterocycles. The van der Waals surface area contributed by atoms with Crippen LogP contribution in [0.25, 0.3) is 0 Å². The van der Waals surface area contributed by atoms with E-state index in [1.807, 2.05) is 0 Å². The van der Waals surface area contributed by atoms with E-state index in [-0.39, 0.29) is 12.3 Å². The van der Waals surface area contributed by atoms with Gasteiger partial charge < -0.3 is 10.5 Å². The van der Waals surface area contributed by atoms with Crippen molar-refractivity contribution in [2.45, 2.75) is 12.7 Å². The zero-order chi connectivity index (χ0) is 14.8. The van der Waals surface area contributed by atoms with Crippen molar-refractivity contribution in [2.75, 3.05) is 0 Å². The van der Waals surface area contributed by atoms with E-state index in [2.05, 4.69) is 4.98 Å². The van der Waals surface area contributed by atoms with Gasteiger partial charge in [0.15, 0.2) is 11.6 Å². The fourth-order valence-corrected chi connectivity index (χ4v) is 1.55. The predicted molar refractivity (Wildman–Crippen MR) is 63.6 cm³/mol. The molecule has 0 aliphatic heterocycles. The minimum atomic E-state index is -4.63. The molecule has 0 bridgehead atoms. The number of ether oxygens (including phenoxy) is 1. The maximum absolute atomic E-state index is 13.7. The van der Waals surface area contributed by atoms with Gasteiger partial charge in [0.25, 0.3) is 0 Å². The number of hydrogen-bond acceptors (Lipinski definition) is 3. The molecule has 0 spiro atoms. The maximum atomic E-state index is 13.7. The second-order valence-corrected chi connectivity index (χ2v) is 3.92. The molecule has 1 aromatic carbocycles. The van der Waals surface area contributed by atoms with Gasteiger partial charge in [-0.15, -0.1) is 0 Å². The summed E-state index contributed by atoms with van der Waals surface area (Å²) in [5.41, 5.74) is 4.77. The van der Waals surface area contributed by atoms with Crippen LogP contribution in [0.4, 0.5) is 17.6 Å². The molecular formula is C13H10F4N2O. The summed E-state index contributed by atoms with van der Waals surface area (Å²) in [6.07, 6.45) is -3.49. The zero-order valence-electron chi connectivity index (χ0n) is 10.1. The molecule has 0 saturated heterocycles. The summed E-state index contributed by atoms with van der Waals surface area (Å²) in [5, 5.41) is 0. The highest BCUT2D eigenvalue weighted by Crippen LogP contribution is 2.36. The van der Waals surface area contributed by atoms with Crippen LogP contribution >= 0.6 is 0 Å². The second kappa shape index (κ2) is 5.46. The fourth-order valence-electron chi connectivity index (χ4n) is 1.55. The molecule has 0 aliphatic rings. The number of nitrogens with two attached hydrogens (primary N) is 1. The number of rotatable bonds is 3. The normalized spacial score (nSPS) is 11.4. The van der Waals surface area contributed by atoms with E-state index in [0.717, 1.165) is 24.4 Å². The first-order valence-electron chi connectivity index (χ1n) is 5.60. The van der Waals surface area contributed by atoms with Crippen LogP contribution in [0.15, 0.2) is 36.5 Å². The Morgan fingerprint density at radius 3 is 2.55 bits per heavy atom. The number of halogens is 4. The van der Waals surface area contributed by atoms with Gasteiger partial charge in [-0.3, -0.25) is 0 Å². The summed E-state index contributed by atoms with van der Waals surface area (Å²) < 4.78 is 56.8. The van der Waals surface area contributed by atoms with Crippen molar-refractivity contribution in [3.05, 3.63) is 53.5 Å². The molecule has 7 heteroatoms. The molecule has 0 saturated carbocycles. The van der Waals surface area contributed by atoms with Gasteiger partial charge in [-0.25, -0.2) is 9.37 Å². The molecule has 0 radical (unpaired) electrons. The monoisotopic (exact) mass is 286 g/mol. The minimum Gasteiger partial charge on any atom is -0.435 e. The third kappa shape index (κ3) is 3.05. The lowest BCUT2D eigenvalue weighted by molar-refractivity contribution is -0.138. The summed E-state index contributed by atoms with van der Waals surface area (Å²) in [6, 6.07) is 5.73. The number of nitrogens with zero attached hydrogens (tertiary/aromatic N) is 1. The first kappa shape index (κ1) is 14.3. The summed E-state index contributed by atoms with van der Waals surface area (Å²) in [5.74, 6) is -1.84. The van der Waals surface area contributed by atoms with Gasteiger partial charge in [0.05, 0.1) is 0 Å². The molecule has 1 aromatic heterocycles. The van der Waals surface area contributed by atoms with Crippen LogP contribution in [0.5, 0.6) is 11.6 Å². The number of aromatic nitrogens is 1. The van der Waals surface area contributed by atoms with Crippen LogP contribution in [-0.4, -0.2) is 4.98 Å². The lowest BCUT2D eigenvalue weighted by atomic mass is 10.2. The van der Waals surface area contributed by atoms with Crippen LogP contribution in [0.1, 0.15) is 11.1 Å². The van der Waals surface area contributed by atoms with Crippen molar-refractivity contribution in [3.8, 4) is 11.6 Å². The van der Waals surface area contributed by atoms with Crippen LogP contribution in [0.2, 0.25) is 0 Å². The standard InChI is InChI=1S/C13H10F4N2O/c14-10-6-8(7-18)3-4-11(10)20-12-9(13(15,16)17)2-1-5-19-12/h1-6H,7,18H2. The Morgan fingerprint density at radius 2 is 1.95 bits per heavy atom. The van der Waals surface area contributed by atoms with Gasteiger partial charge in [-0.2, -0.15) is 13.2 Å². The average Bonchev–Trinajstić information content (AvgIpc) is 2.40. The van der Waals surface area contributed by atoms with Crippen molar-refractivity contribution >= 4 is 0 Å². The highest BCUT2D eigenvalue weighted by molar-refractivity contribution is 5.36. The Bertz CT molecular complexity index is 614. The molecule has 106 valence electrons. The number of hydrogen-bond donors (Lipinski definition) is 1. The lowest BCUT2D eigenvalue weighted by Crippen LogP contribution is -2.08. The maximum Gasteiger partial charge on any atom is 0.421 e. The molecule has 2 rings (SSSR count). The van der Waals surface area contributed by atoms with Crippen LogP contribution in [0, 0.1) is 5.82 Å². The number of pyridine rings is 1. The molecule has 0 unspecified atom stereocenters. The predicted octanol–water partition coefficient (Wildman–Crippen LogP) is 3.49. The summed E-state index contributed by atoms with van der Waals surface area (Å²) >= 11 is 0. The molecule has 3 nitrogen and oxygen atoms in total. The van der Waals surface area contributed by atoms with E-state index in [0.29, 0.717) is 5.56 Å². The molecule has 0 fully saturated rings. The van der Waals surface area contributed by atoms with Crippen LogP contribution in [0.3, 0.4) is 0 Å². The average molecular weight is 286 g/mol. The van der Waals surface area contributed by atoms with Gasteiger partial charge in [0.1, 0.15) is 5.56 Å². The Labute approximate surface area is 112 Å². The number of alkyl halides is 3. The van der Waals surface area contributed by atoms with Gasteiger partial charge in [-0.1, -0.05) is 6.07 Å². The lowest BCUT2D eigenvalue weighted by Gasteiger charge is -2.12. The Hall–Kier alpha value is -2.15. The quantitative estimate of drug-likeness (QED) is 0.879. The van der Waals surface area contributed by atoms with E-state index in [4.69, 9.17) is 10.5 Å². The van der Waals surface area contributed by atoms with Crippen LogP contribution < -0.4 is 10.5 Å². The third-order valence-electron chi connectivity index (χ3n) is 2.52. The van der Waals surface area contributed by atoms with Gasteiger partial charge in [-0.05, 0) is 29.8 Å². The molecule has 2 aromatic rings. The SMILES string of the molecule is NCc1ccc(Oc2ncccc2C(F)(F)F)c(F)c1.